The van der Waals surface area contributed by atoms with E-state index < -0.39 is 5.91 Å². The van der Waals surface area contributed by atoms with Crippen molar-refractivity contribution in [3.63, 3.8) is 0 Å². The van der Waals surface area contributed by atoms with Gasteiger partial charge in [0, 0.05) is 24.3 Å². The molecule has 0 atom stereocenters. The third-order valence-electron chi connectivity index (χ3n) is 3.87. The topological polar surface area (TPSA) is 71.2 Å². The zero-order valence-electron chi connectivity index (χ0n) is 12.4. The van der Waals surface area contributed by atoms with E-state index in [1.165, 1.54) is 12.8 Å². The molecule has 1 amide bonds. The molecule has 3 N–H and O–H groups in total. The fourth-order valence-corrected chi connectivity index (χ4v) is 2.72. The molecule has 0 spiro atoms. The van der Waals surface area contributed by atoms with E-state index in [9.17, 15) is 4.79 Å². The van der Waals surface area contributed by atoms with Crippen molar-refractivity contribution in [3.05, 3.63) is 23.4 Å². The van der Waals surface area contributed by atoms with Crippen LogP contribution in [0.1, 0.15) is 35.8 Å². The molecule has 1 aromatic heterocycles. The molecular formula is C15H24N4O. The average molecular weight is 276 g/mol. The number of piperidine rings is 1. The van der Waals surface area contributed by atoms with Gasteiger partial charge in [-0.15, -0.1) is 0 Å². The molecule has 0 saturated carbocycles. The van der Waals surface area contributed by atoms with Crippen LogP contribution in [0.3, 0.4) is 0 Å². The van der Waals surface area contributed by atoms with Gasteiger partial charge in [0.15, 0.2) is 0 Å². The summed E-state index contributed by atoms with van der Waals surface area (Å²) in [6.07, 6.45) is 2.40. The van der Waals surface area contributed by atoms with Crippen molar-refractivity contribution in [3.8, 4) is 0 Å². The molecule has 1 aliphatic heterocycles. The number of anilines is 1. The minimum Gasteiger partial charge on any atom is -0.366 e. The molecule has 110 valence electrons. The van der Waals surface area contributed by atoms with Gasteiger partial charge in [-0.1, -0.05) is 0 Å². The van der Waals surface area contributed by atoms with Crippen LogP contribution in [0.15, 0.2) is 12.1 Å². The number of nitrogens with two attached hydrogens (primary N) is 1. The summed E-state index contributed by atoms with van der Waals surface area (Å²) in [6.45, 7) is 8.08. The van der Waals surface area contributed by atoms with Gasteiger partial charge in [0.1, 0.15) is 5.82 Å². The molecule has 2 heterocycles. The lowest BCUT2D eigenvalue weighted by Crippen LogP contribution is -2.36. The van der Waals surface area contributed by atoms with Crippen LogP contribution in [0.2, 0.25) is 0 Å². The maximum absolute atomic E-state index is 11.4. The molecule has 0 bridgehead atoms. The molecule has 1 aliphatic rings. The van der Waals surface area contributed by atoms with Gasteiger partial charge >= 0.3 is 0 Å². The largest absolute Gasteiger partial charge is 0.366 e. The Hall–Kier alpha value is -1.62. The predicted octanol–water partition coefficient (Wildman–Crippen LogP) is 1.31. The van der Waals surface area contributed by atoms with Crippen molar-refractivity contribution in [2.45, 2.75) is 26.7 Å². The van der Waals surface area contributed by atoms with Crippen molar-refractivity contribution >= 4 is 11.7 Å². The number of carbonyl (C=O) groups excluding carboxylic acids is 1. The molecule has 2 rings (SSSR count). The van der Waals surface area contributed by atoms with E-state index in [1.54, 1.807) is 12.1 Å². The Bertz CT molecular complexity index is 469. The highest BCUT2D eigenvalue weighted by atomic mass is 16.1. The molecule has 20 heavy (non-hydrogen) atoms. The van der Waals surface area contributed by atoms with E-state index in [0.29, 0.717) is 11.5 Å². The Morgan fingerprint density at radius 2 is 2.15 bits per heavy atom. The van der Waals surface area contributed by atoms with Gasteiger partial charge in [0.05, 0.1) is 0 Å². The van der Waals surface area contributed by atoms with Crippen molar-refractivity contribution in [1.82, 2.24) is 10.3 Å². The van der Waals surface area contributed by atoms with Crippen molar-refractivity contribution in [2.24, 2.45) is 11.7 Å². The summed E-state index contributed by atoms with van der Waals surface area (Å²) in [5, 5.41) is 3.38. The third kappa shape index (κ3) is 3.70. The highest BCUT2D eigenvalue weighted by Crippen LogP contribution is 2.19. The van der Waals surface area contributed by atoms with Gasteiger partial charge in [0.2, 0.25) is 5.91 Å². The average Bonchev–Trinajstić information content (AvgIpc) is 2.45. The zero-order chi connectivity index (χ0) is 14.5. The van der Waals surface area contributed by atoms with Crippen LogP contribution in [0, 0.1) is 12.8 Å². The Morgan fingerprint density at radius 1 is 1.45 bits per heavy atom. The fraction of sp³-hybridized carbons (Fsp3) is 0.600. The fourth-order valence-electron chi connectivity index (χ4n) is 2.72. The number of aromatic nitrogens is 1. The number of amides is 1. The molecule has 1 aromatic rings. The van der Waals surface area contributed by atoms with Crippen LogP contribution in [0.5, 0.6) is 0 Å². The quantitative estimate of drug-likeness (QED) is 0.850. The molecule has 1 saturated heterocycles. The first-order valence-electron chi connectivity index (χ1n) is 7.34. The highest BCUT2D eigenvalue weighted by molar-refractivity contribution is 5.93. The molecule has 0 unspecified atom stereocenters. The molecule has 0 aliphatic carbocycles. The molecule has 5 nitrogen and oxygen atoms in total. The van der Waals surface area contributed by atoms with Crippen LogP contribution in [0.25, 0.3) is 0 Å². The van der Waals surface area contributed by atoms with E-state index in [2.05, 4.69) is 22.1 Å². The number of rotatable bonds is 5. The van der Waals surface area contributed by atoms with Gasteiger partial charge in [-0.2, -0.15) is 0 Å². The van der Waals surface area contributed by atoms with Crippen LogP contribution in [0.4, 0.5) is 5.82 Å². The predicted molar refractivity (Wildman–Crippen MR) is 81.0 cm³/mol. The summed E-state index contributed by atoms with van der Waals surface area (Å²) in [5.74, 6) is 1.16. The number of primary amides is 1. The van der Waals surface area contributed by atoms with Crippen LogP contribution >= 0.6 is 0 Å². The summed E-state index contributed by atoms with van der Waals surface area (Å²) in [6, 6.07) is 3.55. The van der Waals surface area contributed by atoms with Crippen molar-refractivity contribution in [2.75, 3.05) is 31.1 Å². The smallest absolute Gasteiger partial charge is 0.248 e. The van der Waals surface area contributed by atoms with E-state index >= 15 is 0 Å². The lowest BCUT2D eigenvalue weighted by molar-refractivity contribution is 0.1000. The number of hydrogen-bond donors (Lipinski definition) is 2. The van der Waals surface area contributed by atoms with E-state index in [-0.39, 0.29) is 0 Å². The molecule has 0 aromatic carbocycles. The summed E-state index contributed by atoms with van der Waals surface area (Å²) in [4.78, 5) is 18.2. The van der Waals surface area contributed by atoms with E-state index in [0.717, 1.165) is 37.7 Å². The standard InChI is InChI=1S/C15H24N4O/c1-3-19(10-12-4-6-17-7-5-12)14-9-13(15(16)20)8-11(2)18-14/h8-9,12,17H,3-7,10H2,1-2H3,(H2,16,20). The Labute approximate surface area is 120 Å². The first-order valence-corrected chi connectivity index (χ1v) is 7.34. The molecule has 0 radical (unpaired) electrons. The van der Waals surface area contributed by atoms with Crippen molar-refractivity contribution < 1.29 is 4.79 Å². The summed E-state index contributed by atoms with van der Waals surface area (Å²) in [7, 11) is 0. The van der Waals surface area contributed by atoms with Crippen LogP contribution in [-0.4, -0.2) is 37.1 Å². The van der Waals surface area contributed by atoms with Gasteiger partial charge in [-0.3, -0.25) is 4.79 Å². The maximum Gasteiger partial charge on any atom is 0.248 e. The van der Waals surface area contributed by atoms with E-state index in [4.69, 9.17) is 5.73 Å². The first kappa shape index (κ1) is 14.8. The second-order valence-corrected chi connectivity index (χ2v) is 5.45. The minimum absolute atomic E-state index is 0.394. The Balaban J connectivity index is 2.15. The number of nitrogens with one attached hydrogen (secondary N) is 1. The lowest BCUT2D eigenvalue weighted by Gasteiger charge is -2.30. The second kappa shape index (κ2) is 6.70. The number of hydrogen-bond acceptors (Lipinski definition) is 4. The second-order valence-electron chi connectivity index (χ2n) is 5.45. The van der Waals surface area contributed by atoms with Gasteiger partial charge in [0.25, 0.3) is 0 Å². The van der Waals surface area contributed by atoms with Gasteiger partial charge in [-0.25, -0.2) is 4.98 Å². The van der Waals surface area contributed by atoms with Gasteiger partial charge < -0.3 is 16.0 Å². The van der Waals surface area contributed by atoms with Crippen molar-refractivity contribution in [1.29, 1.82) is 0 Å². The molecule has 1 fully saturated rings. The monoisotopic (exact) mass is 276 g/mol. The summed E-state index contributed by atoms with van der Waals surface area (Å²) in [5.41, 5.74) is 6.76. The van der Waals surface area contributed by atoms with Crippen LogP contribution < -0.4 is 16.0 Å². The van der Waals surface area contributed by atoms with Gasteiger partial charge in [-0.05, 0) is 57.8 Å². The lowest BCUT2D eigenvalue weighted by atomic mass is 9.97. The molecular weight excluding hydrogens is 252 g/mol. The Morgan fingerprint density at radius 3 is 2.75 bits per heavy atom. The molecule has 5 heteroatoms. The Kier molecular flexibility index (Phi) is 4.95. The minimum atomic E-state index is -0.394. The summed E-state index contributed by atoms with van der Waals surface area (Å²) >= 11 is 0. The summed E-state index contributed by atoms with van der Waals surface area (Å²) < 4.78 is 0. The number of nitrogens with zero attached hydrogens (tertiary/aromatic N) is 2. The van der Waals surface area contributed by atoms with E-state index in [1.807, 2.05) is 6.92 Å². The number of carbonyl (C=O) groups is 1. The number of pyridine rings is 1. The first-order chi connectivity index (χ1) is 9.60. The van der Waals surface area contributed by atoms with Crippen LogP contribution in [-0.2, 0) is 0 Å². The normalized spacial score (nSPS) is 16.1. The highest BCUT2D eigenvalue weighted by Gasteiger charge is 2.18. The zero-order valence-corrected chi connectivity index (χ0v) is 12.4. The SMILES string of the molecule is CCN(CC1CCNCC1)c1cc(C(N)=O)cc(C)n1. The number of aryl methyl sites for hydroxylation is 1. The third-order valence-corrected chi connectivity index (χ3v) is 3.87. The maximum atomic E-state index is 11.4.